The van der Waals surface area contributed by atoms with Gasteiger partial charge in [-0.3, -0.25) is 9.59 Å². The minimum Gasteiger partial charge on any atom is -0.348 e. The molecule has 178 valence electrons. The molecule has 33 heavy (non-hydrogen) atoms. The third-order valence-corrected chi connectivity index (χ3v) is 7.68. The van der Waals surface area contributed by atoms with E-state index >= 15 is 0 Å². The summed E-state index contributed by atoms with van der Waals surface area (Å²) < 4.78 is 27.5. The Morgan fingerprint density at radius 1 is 0.879 bits per heavy atom. The molecule has 0 spiro atoms. The van der Waals surface area contributed by atoms with Crippen molar-refractivity contribution in [1.82, 2.24) is 15.4 Å². The molecule has 2 atom stereocenters. The van der Waals surface area contributed by atoms with Crippen LogP contribution in [0.2, 0.25) is 0 Å². The SMILES string of the molecule is C[C@H](NC(=O)C1CCC(CNS(=O)(=O)c2ccccc2)CC1)C(=O)N[C@H](C)c1ccccc1. The molecule has 1 aliphatic carbocycles. The van der Waals surface area contributed by atoms with E-state index in [0.29, 0.717) is 19.4 Å². The van der Waals surface area contributed by atoms with Crippen LogP contribution in [0, 0.1) is 11.8 Å². The first-order valence-corrected chi connectivity index (χ1v) is 12.9. The van der Waals surface area contributed by atoms with Gasteiger partial charge in [0, 0.05) is 12.5 Å². The van der Waals surface area contributed by atoms with Crippen LogP contribution in [0.4, 0.5) is 0 Å². The first-order valence-electron chi connectivity index (χ1n) is 11.5. The van der Waals surface area contributed by atoms with Gasteiger partial charge in [0.1, 0.15) is 6.04 Å². The van der Waals surface area contributed by atoms with Gasteiger partial charge in [-0.1, -0.05) is 48.5 Å². The highest BCUT2D eigenvalue weighted by atomic mass is 32.2. The third kappa shape index (κ3) is 7.14. The molecule has 2 aromatic rings. The second kappa shape index (κ2) is 11.4. The summed E-state index contributed by atoms with van der Waals surface area (Å²) in [6, 6.07) is 17.2. The summed E-state index contributed by atoms with van der Waals surface area (Å²) in [6.07, 6.45) is 2.89. The molecule has 0 aromatic heterocycles. The van der Waals surface area contributed by atoms with Crippen LogP contribution in [0.15, 0.2) is 65.6 Å². The van der Waals surface area contributed by atoms with E-state index < -0.39 is 16.1 Å². The van der Waals surface area contributed by atoms with Gasteiger partial charge in [0.2, 0.25) is 21.8 Å². The first kappa shape index (κ1) is 24.9. The summed E-state index contributed by atoms with van der Waals surface area (Å²) in [5, 5.41) is 5.77. The van der Waals surface area contributed by atoms with Crippen molar-refractivity contribution in [3.8, 4) is 0 Å². The van der Waals surface area contributed by atoms with Crippen molar-refractivity contribution in [2.75, 3.05) is 6.54 Å². The number of rotatable bonds is 9. The molecular formula is C25H33N3O4S. The zero-order valence-electron chi connectivity index (χ0n) is 19.2. The molecule has 3 rings (SSSR count). The Kier molecular flexibility index (Phi) is 8.63. The Bertz CT molecular complexity index is 1020. The van der Waals surface area contributed by atoms with E-state index in [1.165, 1.54) is 0 Å². The summed E-state index contributed by atoms with van der Waals surface area (Å²) in [5.74, 6) is -0.300. The number of carbonyl (C=O) groups is 2. The largest absolute Gasteiger partial charge is 0.348 e. The van der Waals surface area contributed by atoms with Crippen LogP contribution in [-0.2, 0) is 19.6 Å². The highest BCUT2D eigenvalue weighted by Crippen LogP contribution is 2.29. The Balaban J connectivity index is 1.41. The van der Waals surface area contributed by atoms with Crippen molar-refractivity contribution in [2.24, 2.45) is 11.8 Å². The predicted molar refractivity (Wildman–Crippen MR) is 128 cm³/mol. The van der Waals surface area contributed by atoms with Gasteiger partial charge in [-0.2, -0.15) is 0 Å². The van der Waals surface area contributed by atoms with Crippen LogP contribution in [0.25, 0.3) is 0 Å². The molecule has 1 saturated carbocycles. The van der Waals surface area contributed by atoms with E-state index in [0.717, 1.165) is 18.4 Å². The fourth-order valence-corrected chi connectivity index (χ4v) is 5.24. The molecule has 8 heteroatoms. The molecule has 7 nitrogen and oxygen atoms in total. The zero-order chi connectivity index (χ0) is 23.8. The molecule has 3 N–H and O–H groups in total. The van der Waals surface area contributed by atoms with Gasteiger partial charge in [0.05, 0.1) is 10.9 Å². The van der Waals surface area contributed by atoms with Gasteiger partial charge in [-0.05, 0) is 63.1 Å². The van der Waals surface area contributed by atoms with Crippen molar-refractivity contribution >= 4 is 21.8 Å². The number of sulfonamides is 1. The molecule has 0 heterocycles. The lowest BCUT2D eigenvalue weighted by Crippen LogP contribution is -2.47. The van der Waals surface area contributed by atoms with Crippen LogP contribution in [0.5, 0.6) is 0 Å². The predicted octanol–water partition coefficient (Wildman–Crippen LogP) is 3.15. The molecule has 1 fully saturated rings. The van der Waals surface area contributed by atoms with E-state index in [9.17, 15) is 18.0 Å². The molecular weight excluding hydrogens is 438 g/mol. The second-order valence-electron chi connectivity index (χ2n) is 8.75. The number of amides is 2. The lowest BCUT2D eigenvalue weighted by atomic mass is 9.81. The summed E-state index contributed by atoms with van der Waals surface area (Å²) in [5.41, 5.74) is 1.01. The fraction of sp³-hybridized carbons (Fsp3) is 0.440. The second-order valence-corrected chi connectivity index (χ2v) is 10.5. The fourth-order valence-electron chi connectivity index (χ4n) is 4.10. The van der Waals surface area contributed by atoms with Crippen molar-refractivity contribution < 1.29 is 18.0 Å². The number of hydrogen-bond acceptors (Lipinski definition) is 4. The summed E-state index contributed by atoms with van der Waals surface area (Å²) in [4.78, 5) is 25.4. The average molecular weight is 472 g/mol. The summed E-state index contributed by atoms with van der Waals surface area (Å²) in [7, 11) is -3.52. The minimum atomic E-state index is -3.52. The monoisotopic (exact) mass is 471 g/mol. The molecule has 0 saturated heterocycles. The topological polar surface area (TPSA) is 104 Å². The maximum absolute atomic E-state index is 12.7. The maximum atomic E-state index is 12.7. The summed E-state index contributed by atoms with van der Waals surface area (Å²) >= 11 is 0. The van der Waals surface area contributed by atoms with E-state index in [-0.39, 0.29) is 34.6 Å². The zero-order valence-corrected chi connectivity index (χ0v) is 20.0. The van der Waals surface area contributed by atoms with Gasteiger partial charge < -0.3 is 10.6 Å². The summed E-state index contributed by atoms with van der Waals surface area (Å²) in [6.45, 7) is 3.96. The first-order chi connectivity index (χ1) is 15.8. The van der Waals surface area contributed by atoms with Crippen LogP contribution < -0.4 is 15.4 Å². The number of carbonyl (C=O) groups excluding carboxylic acids is 2. The quantitative estimate of drug-likeness (QED) is 0.523. The van der Waals surface area contributed by atoms with E-state index in [2.05, 4.69) is 15.4 Å². The molecule has 2 aromatic carbocycles. The standard InChI is InChI=1S/C25H33N3O4S/c1-18(21-9-5-3-6-10-21)27-24(29)19(2)28-25(30)22-15-13-20(14-16-22)17-26-33(31,32)23-11-7-4-8-12-23/h3-12,18-20,22,26H,13-17H2,1-2H3,(H,27,29)(H,28,30)/t18-,19+,20?,22?/m1/s1. The maximum Gasteiger partial charge on any atom is 0.242 e. The molecule has 0 aliphatic heterocycles. The Morgan fingerprint density at radius 3 is 2.06 bits per heavy atom. The molecule has 0 unspecified atom stereocenters. The van der Waals surface area contributed by atoms with E-state index in [1.54, 1.807) is 37.3 Å². The number of benzene rings is 2. The smallest absolute Gasteiger partial charge is 0.242 e. The van der Waals surface area contributed by atoms with Crippen molar-refractivity contribution in [2.45, 2.75) is 56.5 Å². The van der Waals surface area contributed by atoms with Gasteiger partial charge >= 0.3 is 0 Å². The van der Waals surface area contributed by atoms with Crippen LogP contribution >= 0.6 is 0 Å². The van der Waals surface area contributed by atoms with Crippen molar-refractivity contribution in [3.05, 3.63) is 66.2 Å². The molecule has 0 bridgehead atoms. The molecule has 1 aliphatic rings. The third-order valence-electron chi connectivity index (χ3n) is 6.24. The van der Waals surface area contributed by atoms with Crippen molar-refractivity contribution in [1.29, 1.82) is 0 Å². The van der Waals surface area contributed by atoms with Gasteiger partial charge in [0.25, 0.3) is 0 Å². The van der Waals surface area contributed by atoms with Crippen LogP contribution in [0.3, 0.4) is 0 Å². The van der Waals surface area contributed by atoms with Crippen LogP contribution in [0.1, 0.15) is 51.1 Å². The van der Waals surface area contributed by atoms with E-state index in [1.807, 2.05) is 37.3 Å². The molecule has 0 radical (unpaired) electrons. The number of nitrogens with one attached hydrogen (secondary N) is 3. The lowest BCUT2D eigenvalue weighted by Gasteiger charge is -2.29. The molecule has 2 amide bonds. The van der Waals surface area contributed by atoms with Gasteiger partial charge in [-0.15, -0.1) is 0 Å². The Labute approximate surface area is 196 Å². The van der Waals surface area contributed by atoms with Crippen LogP contribution in [-0.4, -0.2) is 32.8 Å². The Morgan fingerprint density at radius 2 is 1.45 bits per heavy atom. The lowest BCUT2D eigenvalue weighted by molar-refractivity contribution is -0.131. The van der Waals surface area contributed by atoms with Crippen molar-refractivity contribution in [3.63, 3.8) is 0 Å². The number of hydrogen-bond donors (Lipinski definition) is 3. The highest BCUT2D eigenvalue weighted by Gasteiger charge is 2.29. The van der Waals surface area contributed by atoms with E-state index in [4.69, 9.17) is 0 Å². The average Bonchev–Trinajstić information content (AvgIpc) is 2.84. The minimum absolute atomic E-state index is 0.117. The normalized spacial score (nSPS) is 20.4. The van der Waals surface area contributed by atoms with Gasteiger partial charge in [0.15, 0.2) is 0 Å². The Hall–Kier alpha value is -2.71. The highest BCUT2D eigenvalue weighted by molar-refractivity contribution is 7.89. The van der Waals surface area contributed by atoms with Gasteiger partial charge in [-0.25, -0.2) is 13.1 Å².